The SMILES string of the molecule is C=C1C=C[C@H](C)N2CN1n1cc(C(=O)NCc3ccc(F)c(Cl)c3F)c(=O)c(O)c1C2=O. The highest BCUT2D eigenvalue weighted by atomic mass is 35.5. The molecule has 166 valence electrons. The van der Waals surface area contributed by atoms with Gasteiger partial charge in [-0.1, -0.05) is 30.3 Å². The Bertz CT molecular complexity index is 1270. The molecule has 2 amide bonds. The number of pyridine rings is 1. The lowest BCUT2D eigenvalue weighted by Gasteiger charge is -2.40. The summed E-state index contributed by atoms with van der Waals surface area (Å²) in [5, 5.41) is 13.6. The van der Waals surface area contributed by atoms with Gasteiger partial charge in [-0.25, -0.2) is 13.5 Å². The zero-order valence-electron chi connectivity index (χ0n) is 16.7. The van der Waals surface area contributed by atoms with Gasteiger partial charge in [0.25, 0.3) is 11.8 Å². The number of hydrogen-bond acceptors (Lipinski definition) is 5. The van der Waals surface area contributed by atoms with E-state index in [0.29, 0.717) is 5.70 Å². The molecule has 1 aromatic heterocycles. The van der Waals surface area contributed by atoms with Crippen molar-refractivity contribution in [3.05, 3.63) is 86.5 Å². The average Bonchev–Trinajstić information content (AvgIpc) is 2.89. The van der Waals surface area contributed by atoms with Crippen LogP contribution in [0.25, 0.3) is 0 Å². The van der Waals surface area contributed by atoms with Gasteiger partial charge >= 0.3 is 0 Å². The number of nitrogens with zero attached hydrogens (tertiary/aromatic N) is 3. The van der Waals surface area contributed by atoms with Crippen LogP contribution in [0.5, 0.6) is 5.75 Å². The molecule has 2 aromatic rings. The maximum absolute atomic E-state index is 14.1. The molecule has 3 heterocycles. The van der Waals surface area contributed by atoms with Gasteiger partial charge in [0, 0.05) is 24.3 Å². The zero-order valence-corrected chi connectivity index (χ0v) is 17.5. The summed E-state index contributed by atoms with van der Waals surface area (Å²) >= 11 is 5.54. The van der Waals surface area contributed by atoms with E-state index in [9.17, 15) is 28.3 Å². The number of rotatable bonds is 3. The molecule has 0 unspecified atom stereocenters. The van der Waals surface area contributed by atoms with Crippen LogP contribution in [0.2, 0.25) is 5.02 Å². The summed E-state index contributed by atoms with van der Waals surface area (Å²) in [6.07, 6.45) is 4.55. The van der Waals surface area contributed by atoms with E-state index < -0.39 is 51.8 Å². The first-order valence-corrected chi connectivity index (χ1v) is 9.84. The quantitative estimate of drug-likeness (QED) is 0.682. The molecule has 8 nitrogen and oxygen atoms in total. The Hall–Kier alpha value is -3.66. The Kier molecular flexibility index (Phi) is 5.25. The molecule has 11 heteroatoms. The number of fused-ring (bicyclic) bond motifs is 4. The van der Waals surface area contributed by atoms with Crippen LogP contribution >= 0.6 is 11.6 Å². The molecule has 0 aliphatic carbocycles. The molecule has 2 aliphatic rings. The predicted octanol–water partition coefficient (Wildman–Crippen LogP) is 2.24. The number of amides is 2. The molecule has 32 heavy (non-hydrogen) atoms. The van der Waals surface area contributed by atoms with Gasteiger partial charge < -0.3 is 15.3 Å². The lowest BCUT2D eigenvalue weighted by molar-refractivity contribution is 0.0664. The van der Waals surface area contributed by atoms with E-state index >= 15 is 0 Å². The first-order valence-electron chi connectivity index (χ1n) is 9.47. The first-order chi connectivity index (χ1) is 15.1. The maximum atomic E-state index is 14.1. The normalized spacial score (nSPS) is 17.3. The zero-order chi connectivity index (χ0) is 23.3. The summed E-state index contributed by atoms with van der Waals surface area (Å²) < 4.78 is 28.6. The third-order valence-corrected chi connectivity index (χ3v) is 5.71. The molecule has 2 bridgehead atoms. The molecule has 2 N–H and O–H groups in total. The molecule has 0 spiro atoms. The summed E-state index contributed by atoms with van der Waals surface area (Å²) in [4.78, 5) is 39.7. The number of carbonyl (C=O) groups is 2. The van der Waals surface area contributed by atoms with Crippen molar-refractivity contribution in [1.82, 2.24) is 14.9 Å². The van der Waals surface area contributed by atoms with Gasteiger partial charge in [0.05, 0.1) is 5.70 Å². The van der Waals surface area contributed by atoms with E-state index in [1.165, 1.54) is 14.6 Å². The van der Waals surface area contributed by atoms with Crippen molar-refractivity contribution in [2.75, 3.05) is 11.7 Å². The molecule has 0 fully saturated rings. The number of aromatic nitrogens is 1. The second-order valence-corrected chi connectivity index (χ2v) is 7.72. The maximum Gasteiger partial charge on any atom is 0.278 e. The van der Waals surface area contributed by atoms with Crippen LogP contribution in [0.15, 0.2) is 47.6 Å². The van der Waals surface area contributed by atoms with Crippen LogP contribution in [0.3, 0.4) is 0 Å². The van der Waals surface area contributed by atoms with E-state index in [2.05, 4.69) is 11.9 Å². The molecule has 0 radical (unpaired) electrons. The van der Waals surface area contributed by atoms with Crippen molar-refractivity contribution >= 4 is 23.4 Å². The van der Waals surface area contributed by atoms with Crippen LogP contribution in [0.4, 0.5) is 8.78 Å². The van der Waals surface area contributed by atoms with Crippen molar-refractivity contribution in [2.45, 2.75) is 19.5 Å². The molecular formula is C21H17ClF2N4O4. The van der Waals surface area contributed by atoms with E-state index in [0.717, 1.165) is 18.3 Å². The van der Waals surface area contributed by atoms with Gasteiger partial charge in [-0.2, -0.15) is 0 Å². The number of halogens is 3. The fraction of sp³-hybridized carbons (Fsp3) is 0.190. The highest BCUT2D eigenvalue weighted by Crippen LogP contribution is 2.27. The van der Waals surface area contributed by atoms with Crippen molar-refractivity contribution in [2.24, 2.45) is 0 Å². The summed E-state index contributed by atoms with van der Waals surface area (Å²) in [6, 6.07) is 1.74. The minimum atomic E-state index is -1.06. The summed E-state index contributed by atoms with van der Waals surface area (Å²) in [7, 11) is 0. The third-order valence-electron chi connectivity index (χ3n) is 5.36. The summed E-state index contributed by atoms with van der Waals surface area (Å²) in [6.45, 7) is 5.38. The van der Waals surface area contributed by atoms with Gasteiger partial charge in [0.15, 0.2) is 11.4 Å². The molecule has 1 aromatic carbocycles. The van der Waals surface area contributed by atoms with Crippen LogP contribution in [-0.4, -0.2) is 39.2 Å². The fourth-order valence-corrected chi connectivity index (χ4v) is 3.69. The highest BCUT2D eigenvalue weighted by Gasteiger charge is 2.37. The van der Waals surface area contributed by atoms with E-state index in [-0.39, 0.29) is 24.0 Å². The number of carbonyl (C=O) groups excluding carboxylic acids is 2. The minimum absolute atomic E-state index is 0.0848. The second-order valence-electron chi connectivity index (χ2n) is 7.34. The van der Waals surface area contributed by atoms with E-state index in [1.54, 1.807) is 19.1 Å². The number of benzene rings is 1. The Balaban J connectivity index is 1.71. The van der Waals surface area contributed by atoms with Crippen LogP contribution in [-0.2, 0) is 6.54 Å². The van der Waals surface area contributed by atoms with Crippen molar-refractivity contribution in [1.29, 1.82) is 0 Å². The standard InChI is InChI=1S/C21H17ClF2N4O4/c1-10-3-4-11(2)28-9-26(10)21(32)17-19(30)18(29)13(8-27(17)28)20(31)25-7-12-5-6-14(23)15(22)16(12)24/h3-6,8,10,30H,2,7,9H2,1H3,(H,25,31)/t10-/m0/s1. The largest absolute Gasteiger partial charge is 0.502 e. The molecule has 4 rings (SSSR count). The molecule has 2 aliphatic heterocycles. The number of hydrogen-bond donors (Lipinski definition) is 2. The highest BCUT2D eigenvalue weighted by molar-refractivity contribution is 6.30. The predicted molar refractivity (Wildman–Crippen MR) is 112 cm³/mol. The van der Waals surface area contributed by atoms with Crippen molar-refractivity contribution < 1.29 is 23.5 Å². The second kappa shape index (κ2) is 7.79. The Morgan fingerprint density at radius 2 is 2.06 bits per heavy atom. The minimum Gasteiger partial charge on any atom is -0.502 e. The van der Waals surface area contributed by atoms with Gasteiger partial charge in [0.1, 0.15) is 28.9 Å². The third kappa shape index (κ3) is 3.32. The molecular weight excluding hydrogens is 446 g/mol. The number of nitrogens with one attached hydrogen (secondary N) is 1. The van der Waals surface area contributed by atoms with Crippen LogP contribution in [0.1, 0.15) is 33.3 Å². The lowest BCUT2D eigenvalue weighted by Crippen LogP contribution is -2.54. The van der Waals surface area contributed by atoms with E-state index in [4.69, 9.17) is 11.6 Å². The Morgan fingerprint density at radius 1 is 1.34 bits per heavy atom. The van der Waals surface area contributed by atoms with Crippen molar-refractivity contribution in [3.63, 3.8) is 0 Å². The average molecular weight is 463 g/mol. The first kappa shape index (κ1) is 21.6. The molecule has 0 saturated carbocycles. The summed E-state index contributed by atoms with van der Waals surface area (Å²) in [5.74, 6) is -4.39. The fourth-order valence-electron chi connectivity index (χ4n) is 3.51. The Labute approximate surface area is 185 Å². The lowest BCUT2D eigenvalue weighted by atomic mass is 10.1. The molecule has 1 atom stereocenters. The van der Waals surface area contributed by atoms with Gasteiger partial charge in [-0.3, -0.25) is 19.4 Å². The van der Waals surface area contributed by atoms with Gasteiger partial charge in [-0.05, 0) is 19.1 Å². The van der Waals surface area contributed by atoms with Crippen molar-refractivity contribution in [3.8, 4) is 5.75 Å². The van der Waals surface area contributed by atoms with E-state index in [1.807, 2.05) is 0 Å². The topological polar surface area (TPSA) is 94.9 Å². The number of allylic oxidation sites excluding steroid dienone is 1. The van der Waals surface area contributed by atoms with Gasteiger partial charge in [-0.15, -0.1) is 0 Å². The smallest absolute Gasteiger partial charge is 0.278 e. The number of aromatic hydroxyl groups is 1. The van der Waals surface area contributed by atoms with Crippen LogP contribution < -0.4 is 15.8 Å². The monoisotopic (exact) mass is 462 g/mol. The van der Waals surface area contributed by atoms with Gasteiger partial charge in [0.2, 0.25) is 5.43 Å². The summed E-state index contributed by atoms with van der Waals surface area (Å²) in [5.41, 5.74) is -1.48. The molecule has 0 saturated heterocycles. The Morgan fingerprint density at radius 3 is 2.78 bits per heavy atom. The van der Waals surface area contributed by atoms with Crippen LogP contribution in [0, 0.1) is 11.6 Å².